The van der Waals surface area contributed by atoms with Crippen LogP contribution < -0.4 is 15.4 Å². The molecule has 8 nitrogen and oxygen atoms in total. The van der Waals surface area contributed by atoms with Crippen molar-refractivity contribution < 1.29 is 19.1 Å². The van der Waals surface area contributed by atoms with E-state index < -0.39 is 23.5 Å². The largest absolute Gasteiger partial charge is 0.481 e. The summed E-state index contributed by atoms with van der Waals surface area (Å²) in [5, 5.41) is 9.71. The first kappa shape index (κ1) is 20.3. The first-order chi connectivity index (χ1) is 14.4. The molecule has 2 N–H and O–H groups in total. The van der Waals surface area contributed by atoms with Crippen LogP contribution in [0.5, 0.6) is 5.88 Å². The van der Waals surface area contributed by atoms with Crippen LogP contribution in [0.4, 0.5) is 4.79 Å². The van der Waals surface area contributed by atoms with Crippen LogP contribution in [0, 0.1) is 5.92 Å². The van der Waals surface area contributed by atoms with E-state index >= 15 is 0 Å². The number of aromatic nitrogens is 1. The zero-order valence-corrected chi connectivity index (χ0v) is 17.7. The number of hydrogen-bond acceptors (Lipinski definition) is 6. The Kier molecular flexibility index (Phi) is 5.46. The summed E-state index contributed by atoms with van der Waals surface area (Å²) in [6.45, 7) is 1.42. The molecule has 4 rings (SSSR count). The number of imide groups is 1. The number of nitrogens with zero attached hydrogens (tertiary/aromatic N) is 2. The zero-order chi connectivity index (χ0) is 21.3. The maximum absolute atomic E-state index is 12.9. The van der Waals surface area contributed by atoms with Gasteiger partial charge in [0, 0.05) is 11.8 Å². The van der Waals surface area contributed by atoms with Crippen molar-refractivity contribution in [1.82, 2.24) is 20.5 Å². The predicted molar refractivity (Wildman–Crippen MR) is 111 cm³/mol. The number of thiophene rings is 1. The van der Waals surface area contributed by atoms with Crippen molar-refractivity contribution in [1.29, 1.82) is 0 Å². The molecule has 2 atom stereocenters. The van der Waals surface area contributed by atoms with Gasteiger partial charge in [-0.2, -0.15) is 11.3 Å². The van der Waals surface area contributed by atoms with Crippen molar-refractivity contribution >= 4 is 29.2 Å². The number of ether oxygens (including phenoxy) is 1. The zero-order valence-electron chi connectivity index (χ0n) is 16.9. The lowest BCUT2D eigenvalue weighted by Gasteiger charge is -2.23. The van der Waals surface area contributed by atoms with E-state index in [1.807, 2.05) is 22.9 Å². The molecule has 2 aromatic heterocycles. The van der Waals surface area contributed by atoms with Crippen LogP contribution in [-0.2, 0) is 16.0 Å². The van der Waals surface area contributed by atoms with Crippen LogP contribution in [0.1, 0.15) is 36.9 Å². The van der Waals surface area contributed by atoms with Gasteiger partial charge in [-0.3, -0.25) is 14.5 Å². The van der Waals surface area contributed by atoms with E-state index in [1.54, 1.807) is 30.5 Å². The topological polar surface area (TPSA) is 101 Å². The van der Waals surface area contributed by atoms with Gasteiger partial charge in [0.2, 0.25) is 11.8 Å². The smallest absolute Gasteiger partial charge is 0.325 e. The Morgan fingerprint density at radius 2 is 2.23 bits per heavy atom. The standard InChI is InChI=1S/C21H24N4O4S/c1-21(14-5-6-14)19(27)25(20(28)24-21)11-17(26)23-16(10-13-7-9-30-12-13)15-4-3-8-22-18(15)29-2/h3-4,7-9,12,14,16H,5-6,10-11H2,1-2H3,(H,23,26)(H,24,28). The highest BCUT2D eigenvalue weighted by Crippen LogP contribution is 2.42. The first-order valence-corrected chi connectivity index (χ1v) is 10.8. The molecule has 9 heteroatoms. The van der Waals surface area contributed by atoms with Crippen molar-refractivity contribution in [2.75, 3.05) is 13.7 Å². The van der Waals surface area contributed by atoms with E-state index in [9.17, 15) is 14.4 Å². The maximum atomic E-state index is 12.9. The number of nitrogens with one attached hydrogen (secondary N) is 2. The third kappa shape index (κ3) is 3.89. The summed E-state index contributed by atoms with van der Waals surface area (Å²) in [6.07, 6.45) is 3.98. The summed E-state index contributed by atoms with van der Waals surface area (Å²) < 4.78 is 5.37. The minimum absolute atomic E-state index is 0.146. The molecule has 0 bridgehead atoms. The summed E-state index contributed by atoms with van der Waals surface area (Å²) in [7, 11) is 1.53. The third-order valence-electron chi connectivity index (χ3n) is 5.72. The summed E-state index contributed by atoms with van der Waals surface area (Å²) >= 11 is 1.58. The molecular weight excluding hydrogens is 404 g/mol. The van der Waals surface area contributed by atoms with Crippen LogP contribution in [0.15, 0.2) is 35.2 Å². The van der Waals surface area contributed by atoms with Crippen LogP contribution in [0.2, 0.25) is 0 Å². The Balaban J connectivity index is 1.50. The van der Waals surface area contributed by atoms with Crippen molar-refractivity contribution in [2.45, 2.75) is 37.8 Å². The second-order valence-electron chi connectivity index (χ2n) is 7.86. The molecular formula is C21H24N4O4S. The average molecular weight is 429 g/mol. The van der Waals surface area contributed by atoms with Crippen LogP contribution >= 0.6 is 11.3 Å². The normalized spacial score (nSPS) is 22.0. The van der Waals surface area contributed by atoms with Gasteiger partial charge in [-0.1, -0.05) is 6.07 Å². The maximum Gasteiger partial charge on any atom is 0.325 e. The Morgan fingerprint density at radius 3 is 2.90 bits per heavy atom. The highest BCUT2D eigenvalue weighted by molar-refractivity contribution is 7.07. The van der Waals surface area contributed by atoms with Gasteiger partial charge in [0.15, 0.2) is 0 Å². The van der Waals surface area contributed by atoms with Crippen molar-refractivity contribution in [3.63, 3.8) is 0 Å². The molecule has 2 aliphatic rings. The Morgan fingerprint density at radius 1 is 1.43 bits per heavy atom. The van der Waals surface area contributed by atoms with Crippen molar-refractivity contribution in [3.8, 4) is 5.88 Å². The summed E-state index contributed by atoms with van der Waals surface area (Å²) in [5.41, 5.74) is 0.895. The van der Waals surface area contributed by atoms with E-state index in [0.29, 0.717) is 12.3 Å². The lowest BCUT2D eigenvalue weighted by Crippen LogP contribution is -2.47. The molecule has 0 aromatic carbocycles. The monoisotopic (exact) mass is 428 g/mol. The quantitative estimate of drug-likeness (QED) is 0.628. The van der Waals surface area contributed by atoms with Gasteiger partial charge in [0.1, 0.15) is 12.1 Å². The Bertz CT molecular complexity index is 960. The summed E-state index contributed by atoms with van der Waals surface area (Å²) in [5.74, 6) is -0.175. The number of pyridine rings is 1. The summed E-state index contributed by atoms with van der Waals surface area (Å²) in [6, 6.07) is 4.69. The van der Waals surface area contributed by atoms with Crippen LogP contribution in [0.25, 0.3) is 0 Å². The van der Waals surface area contributed by atoms with Gasteiger partial charge in [-0.05, 0) is 60.6 Å². The third-order valence-corrected chi connectivity index (χ3v) is 6.45. The molecule has 4 amide bonds. The molecule has 1 saturated heterocycles. The minimum Gasteiger partial charge on any atom is -0.481 e. The van der Waals surface area contributed by atoms with E-state index in [-0.39, 0.29) is 18.4 Å². The van der Waals surface area contributed by atoms with Crippen molar-refractivity contribution in [3.05, 3.63) is 46.3 Å². The number of carbonyl (C=O) groups excluding carboxylic acids is 3. The molecule has 2 fully saturated rings. The SMILES string of the molecule is COc1ncccc1C(Cc1ccsc1)NC(=O)CN1C(=O)NC(C)(C2CC2)C1=O. The highest BCUT2D eigenvalue weighted by atomic mass is 32.1. The van der Waals surface area contributed by atoms with Gasteiger partial charge < -0.3 is 15.4 Å². The molecule has 30 heavy (non-hydrogen) atoms. The predicted octanol–water partition coefficient (Wildman–Crippen LogP) is 2.27. The van der Waals surface area contributed by atoms with E-state index in [0.717, 1.165) is 28.9 Å². The summed E-state index contributed by atoms with van der Waals surface area (Å²) in [4.78, 5) is 43.3. The molecule has 1 aliphatic carbocycles. The van der Waals surface area contributed by atoms with Gasteiger partial charge in [-0.15, -0.1) is 0 Å². The second kappa shape index (κ2) is 8.06. The minimum atomic E-state index is -0.903. The molecule has 0 spiro atoms. The fraction of sp³-hybridized carbons (Fsp3) is 0.429. The lowest BCUT2D eigenvalue weighted by atomic mass is 9.96. The van der Waals surface area contributed by atoms with Crippen molar-refractivity contribution in [2.24, 2.45) is 5.92 Å². The average Bonchev–Trinajstić information content (AvgIpc) is 3.44. The molecule has 2 unspecified atom stereocenters. The molecule has 158 valence electrons. The fourth-order valence-corrected chi connectivity index (χ4v) is 4.58. The Labute approximate surface area is 178 Å². The van der Waals surface area contributed by atoms with E-state index in [4.69, 9.17) is 4.74 Å². The van der Waals surface area contributed by atoms with E-state index in [1.165, 1.54) is 7.11 Å². The second-order valence-corrected chi connectivity index (χ2v) is 8.64. The van der Waals surface area contributed by atoms with Gasteiger partial charge >= 0.3 is 6.03 Å². The molecule has 0 radical (unpaired) electrons. The number of urea groups is 1. The molecule has 1 aliphatic heterocycles. The number of carbonyl (C=O) groups is 3. The first-order valence-electron chi connectivity index (χ1n) is 9.86. The Hall–Kier alpha value is -2.94. The number of amides is 4. The van der Waals surface area contributed by atoms with Gasteiger partial charge in [0.05, 0.1) is 13.2 Å². The molecule has 3 heterocycles. The van der Waals surface area contributed by atoms with Gasteiger partial charge in [-0.25, -0.2) is 9.78 Å². The number of hydrogen-bond donors (Lipinski definition) is 2. The van der Waals surface area contributed by atoms with Gasteiger partial charge in [0.25, 0.3) is 5.91 Å². The van der Waals surface area contributed by atoms with Crippen LogP contribution in [0.3, 0.4) is 0 Å². The molecule has 1 saturated carbocycles. The van der Waals surface area contributed by atoms with Crippen LogP contribution in [-0.4, -0.2) is 46.9 Å². The molecule has 2 aromatic rings. The highest BCUT2D eigenvalue weighted by Gasteiger charge is 2.56. The lowest BCUT2D eigenvalue weighted by molar-refractivity contribution is -0.135. The number of rotatable bonds is 8. The fourth-order valence-electron chi connectivity index (χ4n) is 3.90. The van der Waals surface area contributed by atoms with E-state index in [2.05, 4.69) is 15.6 Å². The number of methoxy groups -OCH3 is 1.